The molecule has 1 aliphatic carbocycles. The van der Waals surface area contributed by atoms with Crippen LogP contribution in [0.3, 0.4) is 0 Å². The minimum absolute atomic E-state index is 0.523. The maximum Gasteiger partial charge on any atom is 0.0115 e. The summed E-state index contributed by atoms with van der Waals surface area (Å²) in [5.74, 6) is 1.13. The summed E-state index contributed by atoms with van der Waals surface area (Å²) in [5, 5.41) is 0. The lowest BCUT2D eigenvalue weighted by Crippen LogP contribution is -2.16. The van der Waals surface area contributed by atoms with Crippen molar-refractivity contribution >= 4 is 0 Å². The van der Waals surface area contributed by atoms with E-state index in [1.165, 1.54) is 0 Å². The van der Waals surface area contributed by atoms with Gasteiger partial charge in [-0.3, -0.25) is 0 Å². The molecule has 0 aromatic heterocycles. The van der Waals surface area contributed by atoms with Gasteiger partial charge in [0.05, 0.1) is 0 Å². The molecule has 50 valence electrons. The van der Waals surface area contributed by atoms with E-state index in [4.69, 9.17) is 5.73 Å². The zero-order chi connectivity index (χ0) is 6.85. The van der Waals surface area contributed by atoms with Crippen molar-refractivity contribution in [3.63, 3.8) is 0 Å². The third-order valence-corrected chi connectivity index (χ3v) is 2.02. The Bertz CT molecular complexity index is 156. The fourth-order valence-electron chi connectivity index (χ4n) is 0.964. The van der Waals surface area contributed by atoms with Gasteiger partial charge in [-0.15, -0.1) is 0 Å². The van der Waals surface area contributed by atoms with E-state index in [1.54, 1.807) is 0 Å². The van der Waals surface area contributed by atoms with Crippen LogP contribution in [0.5, 0.6) is 0 Å². The zero-order valence-corrected chi connectivity index (χ0v) is 5.96. The molecule has 0 bridgehead atoms. The molecule has 0 heterocycles. The first-order valence-electron chi connectivity index (χ1n) is 3.35. The van der Waals surface area contributed by atoms with Gasteiger partial charge in [0, 0.05) is 11.6 Å². The molecule has 0 aliphatic heterocycles. The first-order chi connectivity index (χ1) is 4.22. The molecule has 0 aromatic rings. The Morgan fingerprint density at radius 3 is 2.56 bits per heavy atom. The molecule has 0 amide bonds. The Balaban J connectivity index is 2.73. The van der Waals surface area contributed by atoms with E-state index in [1.807, 2.05) is 12.2 Å². The van der Waals surface area contributed by atoms with Crippen molar-refractivity contribution in [3.05, 3.63) is 23.9 Å². The van der Waals surface area contributed by atoms with Crippen molar-refractivity contribution in [2.24, 2.45) is 17.6 Å². The summed E-state index contributed by atoms with van der Waals surface area (Å²) < 4.78 is 0. The number of hydrogen-bond donors (Lipinski definition) is 1. The number of rotatable bonds is 0. The topological polar surface area (TPSA) is 26.0 Å². The summed E-state index contributed by atoms with van der Waals surface area (Å²) in [6.07, 6.45) is 6.19. The fourth-order valence-corrected chi connectivity index (χ4v) is 0.964. The van der Waals surface area contributed by atoms with Crippen LogP contribution in [0.4, 0.5) is 0 Å². The number of nitrogens with two attached hydrogens (primary N) is 1. The van der Waals surface area contributed by atoms with Crippen molar-refractivity contribution in [2.45, 2.75) is 13.8 Å². The molecule has 0 spiro atoms. The van der Waals surface area contributed by atoms with E-state index in [2.05, 4.69) is 19.9 Å². The number of hydrogen-bond acceptors (Lipinski definition) is 1. The molecule has 2 N–H and O–H groups in total. The van der Waals surface area contributed by atoms with E-state index in [0.717, 1.165) is 5.70 Å². The molecule has 1 nitrogen and oxygen atoms in total. The van der Waals surface area contributed by atoms with Crippen LogP contribution in [0.15, 0.2) is 23.9 Å². The summed E-state index contributed by atoms with van der Waals surface area (Å²) in [5.41, 5.74) is 6.68. The van der Waals surface area contributed by atoms with Gasteiger partial charge in [0.1, 0.15) is 0 Å². The first-order valence-corrected chi connectivity index (χ1v) is 3.35. The highest BCUT2D eigenvalue weighted by Gasteiger charge is 2.13. The highest BCUT2D eigenvalue weighted by atomic mass is 14.6. The second-order valence-corrected chi connectivity index (χ2v) is 2.70. The van der Waals surface area contributed by atoms with Crippen LogP contribution >= 0.6 is 0 Å². The normalized spacial score (nSPS) is 34.2. The van der Waals surface area contributed by atoms with Gasteiger partial charge in [0.15, 0.2) is 0 Å². The van der Waals surface area contributed by atoms with Crippen LogP contribution in [-0.4, -0.2) is 0 Å². The van der Waals surface area contributed by atoms with Gasteiger partial charge in [0.2, 0.25) is 0 Å². The molecule has 2 atom stereocenters. The SMILES string of the molecule is C[C@@H]1C=CC=C(N)[C@@H]1C. The maximum absolute atomic E-state index is 5.68. The Morgan fingerprint density at radius 1 is 1.44 bits per heavy atom. The summed E-state index contributed by atoms with van der Waals surface area (Å²) in [4.78, 5) is 0. The molecule has 0 fully saturated rings. The zero-order valence-electron chi connectivity index (χ0n) is 5.96. The molecule has 0 unspecified atom stereocenters. The average Bonchev–Trinajstić information content (AvgIpc) is 1.83. The van der Waals surface area contributed by atoms with Crippen molar-refractivity contribution < 1.29 is 0 Å². The highest BCUT2D eigenvalue weighted by Crippen LogP contribution is 2.21. The van der Waals surface area contributed by atoms with Crippen molar-refractivity contribution in [3.8, 4) is 0 Å². The Labute approximate surface area is 56.2 Å². The summed E-state index contributed by atoms with van der Waals surface area (Å²) in [7, 11) is 0. The minimum Gasteiger partial charge on any atom is -0.402 e. The molecule has 9 heavy (non-hydrogen) atoms. The smallest absolute Gasteiger partial charge is 0.0115 e. The molecule has 0 saturated carbocycles. The second-order valence-electron chi connectivity index (χ2n) is 2.70. The van der Waals surface area contributed by atoms with E-state index < -0.39 is 0 Å². The second kappa shape index (κ2) is 2.26. The summed E-state index contributed by atoms with van der Waals surface area (Å²) in [6.45, 7) is 4.33. The molecule has 1 aliphatic rings. The van der Waals surface area contributed by atoms with Crippen molar-refractivity contribution in [1.82, 2.24) is 0 Å². The predicted octanol–water partition coefficient (Wildman–Crippen LogP) is 1.67. The van der Waals surface area contributed by atoms with Crippen LogP contribution in [0, 0.1) is 11.8 Å². The molecular weight excluding hydrogens is 110 g/mol. The van der Waals surface area contributed by atoms with Gasteiger partial charge in [0.25, 0.3) is 0 Å². The van der Waals surface area contributed by atoms with Gasteiger partial charge in [-0.2, -0.15) is 0 Å². The van der Waals surface area contributed by atoms with Crippen molar-refractivity contribution in [2.75, 3.05) is 0 Å². The van der Waals surface area contributed by atoms with Gasteiger partial charge in [-0.25, -0.2) is 0 Å². The highest BCUT2D eigenvalue weighted by molar-refractivity contribution is 5.19. The van der Waals surface area contributed by atoms with Gasteiger partial charge >= 0.3 is 0 Å². The summed E-state index contributed by atoms with van der Waals surface area (Å²) >= 11 is 0. The average molecular weight is 123 g/mol. The summed E-state index contributed by atoms with van der Waals surface area (Å²) in [6, 6.07) is 0. The number of allylic oxidation sites excluding steroid dienone is 4. The largest absolute Gasteiger partial charge is 0.402 e. The Kier molecular flexibility index (Phi) is 1.60. The predicted molar refractivity (Wildman–Crippen MR) is 39.7 cm³/mol. The van der Waals surface area contributed by atoms with Gasteiger partial charge in [-0.1, -0.05) is 26.0 Å². The fraction of sp³-hybridized carbons (Fsp3) is 0.500. The van der Waals surface area contributed by atoms with Crippen molar-refractivity contribution in [1.29, 1.82) is 0 Å². The lowest BCUT2D eigenvalue weighted by molar-refractivity contribution is 0.518. The first kappa shape index (κ1) is 6.40. The third kappa shape index (κ3) is 1.15. The molecule has 0 aromatic carbocycles. The third-order valence-electron chi connectivity index (χ3n) is 2.02. The maximum atomic E-state index is 5.68. The van der Waals surface area contributed by atoms with Crippen LogP contribution < -0.4 is 5.73 Å². The molecular formula is C8H13N. The minimum atomic E-state index is 0.523. The van der Waals surface area contributed by atoms with Crippen LogP contribution in [0.2, 0.25) is 0 Å². The Hall–Kier alpha value is -0.720. The Morgan fingerprint density at radius 2 is 2.11 bits per heavy atom. The van der Waals surface area contributed by atoms with Crippen LogP contribution in [0.1, 0.15) is 13.8 Å². The van der Waals surface area contributed by atoms with Crippen LogP contribution in [0.25, 0.3) is 0 Å². The van der Waals surface area contributed by atoms with Crippen LogP contribution in [-0.2, 0) is 0 Å². The van der Waals surface area contributed by atoms with E-state index >= 15 is 0 Å². The molecule has 0 saturated heterocycles. The van der Waals surface area contributed by atoms with Gasteiger partial charge in [-0.05, 0) is 12.0 Å². The lowest BCUT2D eigenvalue weighted by Gasteiger charge is -2.19. The van der Waals surface area contributed by atoms with Gasteiger partial charge < -0.3 is 5.73 Å². The molecule has 1 heteroatoms. The monoisotopic (exact) mass is 123 g/mol. The van der Waals surface area contributed by atoms with E-state index in [-0.39, 0.29) is 0 Å². The molecule has 0 radical (unpaired) electrons. The lowest BCUT2D eigenvalue weighted by atomic mass is 9.89. The van der Waals surface area contributed by atoms with E-state index in [0.29, 0.717) is 11.8 Å². The standard InChI is InChI=1S/C8H13N/c1-6-4-3-5-8(9)7(6)2/h3-7H,9H2,1-2H3/t6-,7-/m1/s1. The molecule has 1 rings (SSSR count). The van der Waals surface area contributed by atoms with E-state index in [9.17, 15) is 0 Å². The quantitative estimate of drug-likeness (QED) is 0.521.